The van der Waals surface area contributed by atoms with Gasteiger partial charge < -0.3 is 10.1 Å². The number of rotatable bonds is 11. The van der Waals surface area contributed by atoms with Crippen molar-refractivity contribution in [2.45, 2.75) is 73.6 Å². The van der Waals surface area contributed by atoms with Gasteiger partial charge in [-0.05, 0) is 43.1 Å². The van der Waals surface area contributed by atoms with Crippen LogP contribution in [0.2, 0.25) is 0 Å². The molecule has 116 valence electrons. The monoisotopic (exact) mass is 271 g/mol. The summed E-state index contributed by atoms with van der Waals surface area (Å²) in [4.78, 5) is 0. The Labute approximate surface area is 121 Å². The van der Waals surface area contributed by atoms with Gasteiger partial charge in [-0.2, -0.15) is 0 Å². The second-order valence-corrected chi connectivity index (χ2v) is 7.72. The first-order valence-electron chi connectivity index (χ1n) is 8.05. The van der Waals surface area contributed by atoms with Gasteiger partial charge >= 0.3 is 0 Å². The van der Waals surface area contributed by atoms with Gasteiger partial charge in [-0.1, -0.05) is 48.0 Å². The van der Waals surface area contributed by atoms with E-state index in [1.165, 1.54) is 25.7 Å². The van der Waals surface area contributed by atoms with Crippen molar-refractivity contribution in [3.8, 4) is 0 Å². The topological polar surface area (TPSA) is 21.3 Å². The van der Waals surface area contributed by atoms with Crippen LogP contribution in [0.5, 0.6) is 0 Å². The van der Waals surface area contributed by atoms with Gasteiger partial charge in [0.05, 0.1) is 0 Å². The lowest BCUT2D eigenvalue weighted by Crippen LogP contribution is -2.31. The average Bonchev–Trinajstić information content (AvgIpc) is 2.28. The van der Waals surface area contributed by atoms with Gasteiger partial charge in [0, 0.05) is 19.8 Å². The molecule has 0 aromatic rings. The van der Waals surface area contributed by atoms with Crippen LogP contribution >= 0.6 is 0 Å². The molecule has 0 aromatic carbocycles. The third-order valence-electron chi connectivity index (χ3n) is 3.45. The van der Waals surface area contributed by atoms with E-state index in [0.29, 0.717) is 10.8 Å². The zero-order chi connectivity index (χ0) is 14.8. The van der Waals surface area contributed by atoms with Gasteiger partial charge in [-0.25, -0.2) is 0 Å². The molecule has 0 amide bonds. The van der Waals surface area contributed by atoms with Crippen molar-refractivity contribution < 1.29 is 4.74 Å². The number of nitrogens with one attached hydrogen (secondary N) is 1. The summed E-state index contributed by atoms with van der Waals surface area (Å²) in [7, 11) is 0. The lowest BCUT2D eigenvalue weighted by molar-refractivity contribution is 0.0951. The van der Waals surface area contributed by atoms with E-state index in [1.807, 2.05) is 0 Å². The summed E-state index contributed by atoms with van der Waals surface area (Å²) in [6.45, 7) is 17.8. The Hall–Kier alpha value is -0.0800. The molecule has 0 aliphatic rings. The predicted molar refractivity (Wildman–Crippen MR) is 85.7 cm³/mol. The Morgan fingerprint density at radius 1 is 0.895 bits per heavy atom. The van der Waals surface area contributed by atoms with Crippen LogP contribution in [0.4, 0.5) is 0 Å². The predicted octanol–water partition coefficient (Wildman–Crippen LogP) is 4.64. The Morgan fingerprint density at radius 2 is 1.58 bits per heavy atom. The molecular formula is C17H37NO. The molecule has 0 atom stereocenters. The van der Waals surface area contributed by atoms with E-state index in [9.17, 15) is 0 Å². The molecule has 0 heterocycles. The fraction of sp³-hybridized carbons (Fsp3) is 1.00. The summed E-state index contributed by atoms with van der Waals surface area (Å²) in [5.41, 5.74) is 0.781. The molecule has 0 radical (unpaired) electrons. The van der Waals surface area contributed by atoms with Crippen molar-refractivity contribution in [3.63, 3.8) is 0 Å². The molecule has 0 fully saturated rings. The lowest BCUT2D eigenvalue weighted by Gasteiger charge is -2.25. The van der Waals surface area contributed by atoms with E-state index in [1.54, 1.807) is 0 Å². The smallest absolute Gasteiger partial charge is 0.0471 e. The van der Waals surface area contributed by atoms with E-state index in [4.69, 9.17) is 4.74 Å². The highest BCUT2D eigenvalue weighted by Crippen LogP contribution is 2.21. The summed E-state index contributed by atoms with van der Waals surface area (Å²) in [6.07, 6.45) is 6.11. The zero-order valence-corrected chi connectivity index (χ0v) is 14.3. The Kier molecular flexibility index (Phi) is 9.72. The molecule has 0 saturated carbocycles. The van der Waals surface area contributed by atoms with Gasteiger partial charge in [-0.15, -0.1) is 0 Å². The summed E-state index contributed by atoms with van der Waals surface area (Å²) < 4.78 is 5.76. The molecule has 2 nitrogen and oxygen atoms in total. The van der Waals surface area contributed by atoms with E-state index >= 15 is 0 Å². The molecule has 0 rings (SSSR count). The number of hydrogen-bond acceptors (Lipinski definition) is 2. The first kappa shape index (κ1) is 18.9. The third-order valence-corrected chi connectivity index (χ3v) is 3.45. The fourth-order valence-corrected chi connectivity index (χ4v) is 1.97. The fourth-order valence-electron chi connectivity index (χ4n) is 1.97. The molecule has 0 saturated heterocycles. The van der Waals surface area contributed by atoms with Crippen molar-refractivity contribution in [2.75, 3.05) is 26.3 Å². The molecule has 2 heteroatoms. The summed E-state index contributed by atoms with van der Waals surface area (Å²) in [6, 6.07) is 0. The standard InChI is InChI=1S/C17H37NO/c1-7-8-12-18-15-17(5,6)11-14-19-13-9-10-16(2,3)4/h18H,7-15H2,1-6H3. The van der Waals surface area contributed by atoms with Crippen LogP contribution in [0.3, 0.4) is 0 Å². The molecule has 1 N–H and O–H groups in total. The third kappa shape index (κ3) is 14.1. The second kappa shape index (κ2) is 9.77. The molecule has 0 aliphatic carbocycles. The highest BCUT2D eigenvalue weighted by molar-refractivity contribution is 4.71. The van der Waals surface area contributed by atoms with Crippen LogP contribution in [0, 0.1) is 10.8 Å². The molecule has 0 spiro atoms. The Bertz CT molecular complexity index is 206. The number of hydrogen-bond donors (Lipinski definition) is 1. The van der Waals surface area contributed by atoms with Crippen LogP contribution in [0.15, 0.2) is 0 Å². The minimum absolute atomic E-state index is 0.345. The van der Waals surface area contributed by atoms with Crippen molar-refractivity contribution in [1.29, 1.82) is 0 Å². The van der Waals surface area contributed by atoms with E-state index < -0.39 is 0 Å². The zero-order valence-electron chi connectivity index (χ0n) is 14.3. The molecule has 19 heavy (non-hydrogen) atoms. The van der Waals surface area contributed by atoms with Gasteiger partial charge in [0.15, 0.2) is 0 Å². The first-order chi connectivity index (χ1) is 8.77. The Morgan fingerprint density at radius 3 is 2.16 bits per heavy atom. The molecular weight excluding hydrogens is 234 g/mol. The van der Waals surface area contributed by atoms with Gasteiger partial charge in [0.1, 0.15) is 0 Å². The highest BCUT2D eigenvalue weighted by Gasteiger charge is 2.17. The maximum atomic E-state index is 5.76. The largest absolute Gasteiger partial charge is 0.381 e. The minimum atomic E-state index is 0.345. The highest BCUT2D eigenvalue weighted by atomic mass is 16.5. The van der Waals surface area contributed by atoms with Crippen LogP contribution in [0.1, 0.15) is 73.6 Å². The molecule has 0 unspecified atom stereocenters. The van der Waals surface area contributed by atoms with E-state index in [0.717, 1.165) is 32.7 Å². The molecule has 0 aliphatic heterocycles. The molecule has 0 aromatic heterocycles. The minimum Gasteiger partial charge on any atom is -0.381 e. The second-order valence-electron chi connectivity index (χ2n) is 7.72. The number of unbranched alkanes of at least 4 members (excludes halogenated alkanes) is 1. The molecule has 0 bridgehead atoms. The summed E-state index contributed by atoms with van der Waals surface area (Å²) >= 11 is 0. The SMILES string of the molecule is CCCCNCC(C)(C)CCOCCCC(C)(C)C. The van der Waals surface area contributed by atoms with Crippen molar-refractivity contribution in [2.24, 2.45) is 10.8 Å². The van der Waals surface area contributed by atoms with Crippen molar-refractivity contribution >= 4 is 0 Å². The van der Waals surface area contributed by atoms with E-state index in [2.05, 4.69) is 46.9 Å². The van der Waals surface area contributed by atoms with Crippen LogP contribution in [-0.2, 0) is 4.74 Å². The first-order valence-corrected chi connectivity index (χ1v) is 8.05. The maximum absolute atomic E-state index is 5.76. The Balaban J connectivity index is 3.47. The summed E-state index contributed by atoms with van der Waals surface area (Å²) in [5, 5.41) is 3.54. The lowest BCUT2D eigenvalue weighted by atomic mass is 9.89. The quantitative estimate of drug-likeness (QED) is 0.553. The normalized spacial score (nSPS) is 12.9. The van der Waals surface area contributed by atoms with Crippen molar-refractivity contribution in [3.05, 3.63) is 0 Å². The van der Waals surface area contributed by atoms with Gasteiger partial charge in [0.2, 0.25) is 0 Å². The summed E-state index contributed by atoms with van der Waals surface area (Å²) in [5.74, 6) is 0. The van der Waals surface area contributed by atoms with Crippen LogP contribution in [-0.4, -0.2) is 26.3 Å². The van der Waals surface area contributed by atoms with Crippen molar-refractivity contribution in [1.82, 2.24) is 5.32 Å². The van der Waals surface area contributed by atoms with Gasteiger partial charge in [-0.3, -0.25) is 0 Å². The van der Waals surface area contributed by atoms with Crippen LogP contribution < -0.4 is 5.32 Å². The van der Waals surface area contributed by atoms with Gasteiger partial charge in [0.25, 0.3) is 0 Å². The van der Waals surface area contributed by atoms with E-state index in [-0.39, 0.29) is 0 Å². The number of ether oxygens (including phenoxy) is 1. The van der Waals surface area contributed by atoms with Crippen LogP contribution in [0.25, 0.3) is 0 Å². The maximum Gasteiger partial charge on any atom is 0.0471 e. The average molecular weight is 271 g/mol.